The van der Waals surface area contributed by atoms with Crippen LogP contribution in [0.1, 0.15) is 35.5 Å². The second-order valence-electron chi connectivity index (χ2n) is 4.63. The van der Waals surface area contributed by atoms with Gasteiger partial charge in [0.15, 0.2) is 0 Å². The van der Waals surface area contributed by atoms with Gasteiger partial charge in [0.2, 0.25) is 0 Å². The van der Waals surface area contributed by atoms with Crippen LogP contribution in [0.15, 0.2) is 28.7 Å². The van der Waals surface area contributed by atoms with Crippen LogP contribution < -0.4 is 5.32 Å². The number of aryl methyl sites for hydroxylation is 2. The molecule has 0 saturated carbocycles. The highest BCUT2D eigenvalue weighted by Crippen LogP contribution is 2.28. The van der Waals surface area contributed by atoms with Crippen LogP contribution in [0.4, 0.5) is 4.39 Å². The molecule has 3 nitrogen and oxygen atoms in total. The first-order valence-corrected chi connectivity index (χ1v) is 7.31. The minimum Gasteiger partial charge on any atom is -0.309 e. The highest BCUT2D eigenvalue weighted by atomic mass is 79.9. The number of nitrogens with one attached hydrogen (secondary N) is 1. The first kappa shape index (κ1) is 15.1. The van der Waals surface area contributed by atoms with Crippen molar-refractivity contribution in [3.05, 3.63) is 57.1 Å². The zero-order valence-electron chi connectivity index (χ0n) is 11.7. The number of benzene rings is 1. The Morgan fingerprint density at radius 1 is 1.25 bits per heavy atom. The summed E-state index contributed by atoms with van der Waals surface area (Å²) in [5.74, 6) is -0.232. The number of hydrogen-bond acceptors (Lipinski definition) is 3. The molecule has 5 heteroatoms. The lowest BCUT2D eigenvalue weighted by Crippen LogP contribution is -2.21. The lowest BCUT2D eigenvalue weighted by atomic mass is 9.96. The van der Waals surface area contributed by atoms with Gasteiger partial charge >= 0.3 is 0 Å². The molecule has 0 aliphatic heterocycles. The standard InChI is InChI=1S/C15H17BrFN3/c1-4-14-12(7-9(2)19-20-14)15(18-3)11-8-10(16)5-6-13(11)17/h5-8,15,18H,4H2,1-3H3. The summed E-state index contributed by atoms with van der Waals surface area (Å²) in [5, 5.41) is 11.5. The predicted octanol–water partition coefficient (Wildman–Crippen LogP) is 3.56. The van der Waals surface area contributed by atoms with Crippen LogP contribution in [-0.4, -0.2) is 17.2 Å². The van der Waals surface area contributed by atoms with Gasteiger partial charge < -0.3 is 5.32 Å². The van der Waals surface area contributed by atoms with E-state index in [1.807, 2.05) is 27.0 Å². The van der Waals surface area contributed by atoms with Crippen molar-refractivity contribution in [2.75, 3.05) is 7.05 Å². The largest absolute Gasteiger partial charge is 0.309 e. The van der Waals surface area contributed by atoms with Crippen molar-refractivity contribution in [2.45, 2.75) is 26.3 Å². The van der Waals surface area contributed by atoms with E-state index in [1.54, 1.807) is 12.1 Å². The van der Waals surface area contributed by atoms with Gasteiger partial charge in [-0.2, -0.15) is 10.2 Å². The minimum atomic E-state index is -0.239. The summed E-state index contributed by atoms with van der Waals surface area (Å²) in [6, 6.07) is 6.69. The third-order valence-electron chi connectivity index (χ3n) is 3.23. The molecule has 0 spiro atoms. The van der Waals surface area contributed by atoms with Gasteiger partial charge in [-0.1, -0.05) is 22.9 Å². The summed E-state index contributed by atoms with van der Waals surface area (Å²) in [6.45, 7) is 3.91. The maximum atomic E-state index is 14.1. The van der Waals surface area contributed by atoms with E-state index in [1.165, 1.54) is 6.07 Å². The molecule has 0 bridgehead atoms. The Hall–Kier alpha value is -1.33. The van der Waals surface area contributed by atoms with Crippen LogP contribution in [0, 0.1) is 12.7 Å². The Balaban J connectivity index is 2.57. The molecule has 2 aromatic rings. The van der Waals surface area contributed by atoms with Gasteiger partial charge in [0, 0.05) is 10.0 Å². The van der Waals surface area contributed by atoms with Crippen LogP contribution >= 0.6 is 15.9 Å². The molecule has 1 heterocycles. The molecule has 1 atom stereocenters. The van der Waals surface area contributed by atoms with Crippen LogP contribution in [0.25, 0.3) is 0 Å². The summed E-state index contributed by atoms with van der Waals surface area (Å²) >= 11 is 3.39. The number of hydrogen-bond donors (Lipinski definition) is 1. The van der Waals surface area contributed by atoms with E-state index in [2.05, 4.69) is 31.4 Å². The maximum absolute atomic E-state index is 14.1. The van der Waals surface area contributed by atoms with E-state index in [0.29, 0.717) is 5.56 Å². The van der Waals surface area contributed by atoms with E-state index >= 15 is 0 Å². The van der Waals surface area contributed by atoms with Crippen LogP contribution in [0.5, 0.6) is 0 Å². The smallest absolute Gasteiger partial charge is 0.128 e. The maximum Gasteiger partial charge on any atom is 0.128 e. The third-order valence-corrected chi connectivity index (χ3v) is 3.72. The quantitative estimate of drug-likeness (QED) is 0.926. The van der Waals surface area contributed by atoms with Crippen molar-refractivity contribution in [2.24, 2.45) is 0 Å². The Kier molecular flexibility index (Phi) is 4.83. The Bertz CT molecular complexity index is 616. The van der Waals surface area contributed by atoms with Crippen molar-refractivity contribution in [3.8, 4) is 0 Å². The summed E-state index contributed by atoms with van der Waals surface area (Å²) in [5.41, 5.74) is 3.28. The highest BCUT2D eigenvalue weighted by Gasteiger charge is 2.20. The fourth-order valence-corrected chi connectivity index (χ4v) is 2.65. The molecular formula is C15H17BrFN3. The van der Waals surface area contributed by atoms with Crippen LogP contribution in [0.2, 0.25) is 0 Å². The average molecular weight is 338 g/mol. The topological polar surface area (TPSA) is 37.8 Å². The average Bonchev–Trinajstić information content (AvgIpc) is 2.44. The molecule has 20 heavy (non-hydrogen) atoms. The van der Waals surface area contributed by atoms with Crippen molar-refractivity contribution < 1.29 is 4.39 Å². The van der Waals surface area contributed by atoms with Gasteiger partial charge in [-0.25, -0.2) is 4.39 Å². The molecule has 0 fully saturated rings. The van der Waals surface area contributed by atoms with E-state index in [0.717, 1.165) is 27.8 Å². The van der Waals surface area contributed by atoms with Gasteiger partial charge in [0.1, 0.15) is 5.82 Å². The molecule has 1 unspecified atom stereocenters. The summed E-state index contributed by atoms with van der Waals surface area (Å²) in [7, 11) is 1.82. The molecule has 106 valence electrons. The van der Waals surface area contributed by atoms with E-state index in [4.69, 9.17) is 0 Å². The molecule has 1 aromatic carbocycles. The van der Waals surface area contributed by atoms with Crippen molar-refractivity contribution in [1.29, 1.82) is 0 Å². The van der Waals surface area contributed by atoms with Gasteiger partial charge in [0.05, 0.1) is 17.4 Å². The molecule has 1 N–H and O–H groups in total. The highest BCUT2D eigenvalue weighted by molar-refractivity contribution is 9.10. The third kappa shape index (κ3) is 3.04. The van der Waals surface area contributed by atoms with Gasteiger partial charge in [-0.05, 0) is 50.2 Å². The minimum absolute atomic E-state index is 0.232. The molecule has 0 aliphatic rings. The fourth-order valence-electron chi connectivity index (χ4n) is 2.27. The SMILES string of the molecule is CCc1nnc(C)cc1C(NC)c1cc(Br)ccc1F. The second-order valence-corrected chi connectivity index (χ2v) is 5.54. The number of rotatable bonds is 4. The molecule has 0 saturated heterocycles. The fraction of sp³-hybridized carbons (Fsp3) is 0.333. The van der Waals surface area contributed by atoms with Crippen LogP contribution in [0.3, 0.4) is 0 Å². The lowest BCUT2D eigenvalue weighted by Gasteiger charge is -2.20. The molecule has 1 aromatic heterocycles. The summed E-state index contributed by atoms with van der Waals surface area (Å²) < 4.78 is 15.0. The van der Waals surface area contributed by atoms with Crippen LogP contribution in [-0.2, 0) is 6.42 Å². The summed E-state index contributed by atoms with van der Waals surface area (Å²) in [6.07, 6.45) is 0.760. The number of halogens is 2. The first-order valence-electron chi connectivity index (χ1n) is 6.52. The molecule has 0 aliphatic carbocycles. The summed E-state index contributed by atoms with van der Waals surface area (Å²) in [4.78, 5) is 0. The monoisotopic (exact) mass is 337 g/mol. The van der Waals surface area contributed by atoms with E-state index < -0.39 is 0 Å². The second kappa shape index (κ2) is 6.41. The van der Waals surface area contributed by atoms with E-state index in [-0.39, 0.29) is 11.9 Å². The van der Waals surface area contributed by atoms with E-state index in [9.17, 15) is 4.39 Å². The van der Waals surface area contributed by atoms with Gasteiger partial charge in [-0.15, -0.1) is 0 Å². The first-order chi connectivity index (χ1) is 9.56. The van der Waals surface area contributed by atoms with Crippen molar-refractivity contribution >= 4 is 15.9 Å². The normalized spacial score (nSPS) is 12.4. The van der Waals surface area contributed by atoms with Crippen molar-refractivity contribution in [3.63, 3.8) is 0 Å². The van der Waals surface area contributed by atoms with Gasteiger partial charge in [0.25, 0.3) is 0 Å². The Morgan fingerprint density at radius 2 is 2.00 bits per heavy atom. The number of aromatic nitrogens is 2. The Morgan fingerprint density at radius 3 is 2.65 bits per heavy atom. The zero-order chi connectivity index (χ0) is 14.7. The molecule has 0 radical (unpaired) electrons. The van der Waals surface area contributed by atoms with Gasteiger partial charge in [-0.3, -0.25) is 0 Å². The number of nitrogens with zero attached hydrogens (tertiary/aromatic N) is 2. The molecular weight excluding hydrogens is 321 g/mol. The van der Waals surface area contributed by atoms with Crippen molar-refractivity contribution in [1.82, 2.24) is 15.5 Å². The zero-order valence-corrected chi connectivity index (χ0v) is 13.3. The Labute approximate surface area is 126 Å². The predicted molar refractivity (Wildman–Crippen MR) is 81.1 cm³/mol. The molecule has 0 amide bonds. The molecule has 2 rings (SSSR count). The lowest BCUT2D eigenvalue weighted by molar-refractivity contribution is 0.571.